The number of alkyl halides is 3. The first kappa shape index (κ1) is 28.1. The molecule has 5 rings (SSSR count). The van der Waals surface area contributed by atoms with Gasteiger partial charge in [-0.25, -0.2) is 13.8 Å². The number of amides is 1. The number of halogens is 5. The van der Waals surface area contributed by atoms with Crippen LogP contribution >= 0.6 is 0 Å². The van der Waals surface area contributed by atoms with Crippen molar-refractivity contribution in [3.05, 3.63) is 77.1 Å². The normalized spacial score (nSPS) is 15.1. The third-order valence-electron chi connectivity index (χ3n) is 6.58. The molecule has 1 amide bonds. The first-order valence-corrected chi connectivity index (χ1v) is 12.4. The molecule has 2 aromatic heterocycles. The van der Waals surface area contributed by atoms with Gasteiger partial charge in [-0.15, -0.1) is 13.2 Å². The summed E-state index contributed by atoms with van der Waals surface area (Å²) in [5.41, 5.74) is -1.21. The minimum atomic E-state index is -5.05. The lowest BCUT2D eigenvalue weighted by Gasteiger charge is -2.31. The molecule has 1 aliphatic rings. The Bertz CT molecular complexity index is 1670. The first-order valence-electron chi connectivity index (χ1n) is 12.4. The van der Waals surface area contributed by atoms with E-state index in [0.717, 1.165) is 35.3 Å². The molecule has 1 aliphatic heterocycles. The van der Waals surface area contributed by atoms with Gasteiger partial charge in [-0.1, -0.05) is 6.07 Å². The quantitative estimate of drug-likeness (QED) is 0.343. The summed E-state index contributed by atoms with van der Waals surface area (Å²) in [6.07, 6.45) is -1.83. The van der Waals surface area contributed by atoms with Crippen LogP contribution in [0, 0.1) is 11.6 Å². The molecule has 214 valence electrons. The molecule has 1 N–H and O–H groups in total. The summed E-state index contributed by atoms with van der Waals surface area (Å²) >= 11 is 0. The van der Waals surface area contributed by atoms with E-state index in [-0.39, 0.29) is 33.4 Å². The van der Waals surface area contributed by atoms with Crippen LogP contribution in [0.3, 0.4) is 0 Å². The first-order chi connectivity index (χ1) is 19.5. The van der Waals surface area contributed by atoms with Crippen molar-refractivity contribution in [2.45, 2.75) is 19.3 Å². The molecule has 0 radical (unpaired) electrons. The Morgan fingerprint density at radius 3 is 2.56 bits per heavy atom. The van der Waals surface area contributed by atoms with E-state index in [9.17, 15) is 27.2 Å². The number of ether oxygens (including phenoxy) is 2. The molecule has 14 heteroatoms. The summed E-state index contributed by atoms with van der Waals surface area (Å²) in [5.74, 6) is -2.84. The minimum absolute atomic E-state index is 0.0258. The summed E-state index contributed by atoms with van der Waals surface area (Å²) in [6, 6.07) is 6.22. The highest BCUT2D eigenvalue weighted by Crippen LogP contribution is 2.33. The Hall–Kier alpha value is -4.43. The van der Waals surface area contributed by atoms with Crippen molar-refractivity contribution in [2.24, 2.45) is 0 Å². The molecule has 1 unspecified atom stereocenters. The van der Waals surface area contributed by atoms with Gasteiger partial charge in [0.25, 0.3) is 5.56 Å². The van der Waals surface area contributed by atoms with Gasteiger partial charge in [0, 0.05) is 30.4 Å². The largest absolute Gasteiger partial charge is 0.573 e. The number of hydrogen-bond acceptors (Lipinski definition) is 7. The van der Waals surface area contributed by atoms with E-state index in [1.807, 2.05) is 4.90 Å². The number of fused-ring (bicyclic) bond motifs is 1. The van der Waals surface area contributed by atoms with Crippen molar-refractivity contribution in [2.75, 3.05) is 31.6 Å². The van der Waals surface area contributed by atoms with E-state index in [0.29, 0.717) is 26.3 Å². The molecule has 0 aliphatic carbocycles. The van der Waals surface area contributed by atoms with Crippen molar-refractivity contribution in [1.29, 1.82) is 0 Å². The molecule has 1 atom stereocenters. The van der Waals surface area contributed by atoms with Crippen molar-refractivity contribution >= 4 is 22.5 Å². The van der Waals surface area contributed by atoms with Crippen LogP contribution in [-0.2, 0) is 9.53 Å². The maximum absolute atomic E-state index is 15.3. The zero-order valence-electron chi connectivity index (χ0n) is 21.4. The van der Waals surface area contributed by atoms with Gasteiger partial charge in [0.1, 0.15) is 17.7 Å². The minimum Gasteiger partial charge on any atom is -0.404 e. The summed E-state index contributed by atoms with van der Waals surface area (Å²) in [4.78, 5) is 35.8. The average molecular weight is 575 g/mol. The highest BCUT2D eigenvalue weighted by atomic mass is 19.4. The average Bonchev–Trinajstić information content (AvgIpc) is 2.94. The van der Waals surface area contributed by atoms with Gasteiger partial charge in [-0.3, -0.25) is 24.0 Å². The topological polar surface area (TPSA) is 98.6 Å². The second-order valence-corrected chi connectivity index (χ2v) is 9.18. The molecule has 2 aromatic carbocycles. The fourth-order valence-corrected chi connectivity index (χ4v) is 4.47. The summed E-state index contributed by atoms with van der Waals surface area (Å²) in [7, 11) is 0. The van der Waals surface area contributed by atoms with Crippen LogP contribution in [0.15, 0.2) is 59.9 Å². The zero-order chi connectivity index (χ0) is 29.3. The number of carbonyl (C=O) groups excluding carboxylic acids is 1. The molecule has 1 fully saturated rings. The molecular formula is C27H22F5N5O4. The molecule has 9 nitrogen and oxygen atoms in total. The van der Waals surface area contributed by atoms with Gasteiger partial charge in [0.15, 0.2) is 11.6 Å². The number of rotatable bonds is 6. The number of nitrogens with zero attached hydrogens (tertiary/aromatic N) is 4. The Balaban J connectivity index is 1.52. The van der Waals surface area contributed by atoms with E-state index in [1.165, 1.54) is 24.4 Å². The molecule has 0 spiro atoms. The van der Waals surface area contributed by atoms with Crippen LogP contribution in [0.25, 0.3) is 27.7 Å². The van der Waals surface area contributed by atoms with Gasteiger partial charge in [0.05, 0.1) is 42.2 Å². The monoisotopic (exact) mass is 575 g/mol. The molecular weight excluding hydrogens is 553 g/mol. The summed E-state index contributed by atoms with van der Waals surface area (Å²) in [6.45, 7) is 3.36. The van der Waals surface area contributed by atoms with Crippen LogP contribution in [0.5, 0.6) is 5.75 Å². The van der Waals surface area contributed by atoms with E-state index in [4.69, 9.17) is 4.74 Å². The number of benzene rings is 2. The molecule has 0 bridgehead atoms. The molecule has 3 heterocycles. The fourth-order valence-electron chi connectivity index (χ4n) is 4.47. The van der Waals surface area contributed by atoms with Crippen LogP contribution in [0.2, 0.25) is 0 Å². The third-order valence-corrected chi connectivity index (χ3v) is 6.58. The number of nitrogens with one attached hydrogen (secondary N) is 1. The highest BCUT2D eigenvalue weighted by molar-refractivity contribution is 5.96. The maximum atomic E-state index is 15.3. The van der Waals surface area contributed by atoms with Crippen LogP contribution in [0.1, 0.15) is 6.92 Å². The molecule has 1 saturated heterocycles. The molecule has 41 heavy (non-hydrogen) atoms. The second kappa shape index (κ2) is 11.2. The lowest BCUT2D eigenvalue weighted by molar-refractivity contribution is -0.274. The number of carbonyl (C=O) groups is 1. The predicted octanol–water partition coefficient (Wildman–Crippen LogP) is 4.28. The van der Waals surface area contributed by atoms with E-state index >= 15 is 4.39 Å². The van der Waals surface area contributed by atoms with Crippen molar-refractivity contribution in [1.82, 2.24) is 19.4 Å². The van der Waals surface area contributed by atoms with Crippen LogP contribution in [0.4, 0.5) is 27.6 Å². The maximum Gasteiger partial charge on any atom is 0.573 e. The number of morpholine rings is 1. The fraction of sp³-hybridized carbons (Fsp3) is 0.259. The Labute approximate surface area is 229 Å². The number of hydrogen-bond donors (Lipinski definition) is 1. The summed E-state index contributed by atoms with van der Waals surface area (Å²) in [5, 5.41) is 2.32. The number of aromatic nitrogens is 3. The van der Waals surface area contributed by atoms with Gasteiger partial charge in [-0.2, -0.15) is 0 Å². The van der Waals surface area contributed by atoms with Crippen molar-refractivity contribution < 1.29 is 36.2 Å². The van der Waals surface area contributed by atoms with E-state index in [2.05, 4.69) is 20.0 Å². The third kappa shape index (κ3) is 6.02. The number of anilines is 1. The van der Waals surface area contributed by atoms with Crippen LogP contribution < -0.4 is 15.6 Å². The number of pyridine rings is 1. The van der Waals surface area contributed by atoms with Gasteiger partial charge < -0.3 is 14.8 Å². The Kier molecular flexibility index (Phi) is 7.69. The Morgan fingerprint density at radius 1 is 1.10 bits per heavy atom. The molecule has 0 saturated carbocycles. The molecule has 4 aromatic rings. The standard InChI is InChI=1S/C27H22F5N5O4/c1-15(36-6-8-40-9-7-36)25(38)35-21-11-18(2-5-22(21)41-27(30,31)32)37-14-34-24-20(26(37)39)4-3-19(23(24)29)16-10-17(28)13-33-12-16/h2-5,10-15H,6-9H2,1H3,(H,35,38). The van der Waals surface area contributed by atoms with E-state index in [1.54, 1.807) is 6.92 Å². The lowest BCUT2D eigenvalue weighted by atomic mass is 10.0. The van der Waals surface area contributed by atoms with Crippen molar-refractivity contribution in [3.8, 4) is 22.6 Å². The van der Waals surface area contributed by atoms with Gasteiger partial charge in [-0.05, 0) is 37.3 Å². The van der Waals surface area contributed by atoms with E-state index < -0.39 is 41.3 Å². The van der Waals surface area contributed by atoms with Gasteiger partial charge >= 0.3 is 6.36 Å². The Morgan fingerprint density at radius 2 is 1.85 bits per heavy atom. The van der Waals surface area contributed by atoms with Gasteiger partial charge in [0.2, 0.25) is 5.91 Å². The smallest absolute Gasteiger partial charge is 0.404 e. The lowest BCUT2D eigenvalue weighted by Crippen LogP contribution is -2.47. The second-order valence-electron chi connectivity index (χ2n) is 9.18. The van der Waals surface area contributed by atoms with Crippen molar-refractivity contribution in [3.63, 3.8) is 0 Å². The zero-order valence-corrected chi connectivity index (χ0v) is 21.4. The predicted molar refractivity (Wildman–Crippen MR) is 138 cm³/mol. The summed E-state index contributed by atoms with van der Waals surface area (Å²) < 4.78 is 78.6. The SMILES string of the molecule is CC(C(=O)Nc1cc(-n2cnc3c(F)c(-c4cncc(F)c4)ccc3c2=O)ccc1OC(F)(F)F)N1CCOCC1. The van der Waals surface area contributed by atoms with Crippen LogP contribution in [-0.4, -0.2) is 64.0 Å². The highest BCUT2D eigenvalue weighted by Gasteiger charge is 2.33.